The van der Waals surface area contributed by atoms with Crippen molar-refractivity contribution in [3.63, 3.8) is 0 Å². The summed E-state index contributed by atoms with van der Waals surface area (Å²) in [6, 6.07) is 42.8. The number of nitriles is 1. The normalized spacial score (nSPS) is 23.5. The monoisotopic (exact) mass is 683 g/mol. The van der Waals surface area contributed by atoms with E-state index < -0.39 is 40.5 Å². The molecule has 0 aliphatic heterocycles. The summed E-state index contributed by atoms with van der Waals surface area (Å²) < 4.78 is 5.45. The molecule has 1 aliphatic rings. The number of hydrogen-bond acceptors (Lipinski definition) is 5. The second-order valence-electron chi connectivity index (χ2n) is 12.7. The Bertz CT molecular complexity index is 2280. The third-order valence-electron chi connectivity index (χ3n) is 10.2. The van der Waals surface area contributed by atoms with Crippen LogP contribution in [0, 0.1) is 22.7 Å². The summed E-state index contributed by atoms with van der Waals surface area (Å²) in [4.78, 5) is 29.6. The largest absolute Gasteiger partial charge is 0.468 e. The number of fused-ring (bicyclic) bond motifs is 2. The van der Waals surface area contributed by atoms with Crippen LogP contribution in [0.4, 0.5) is 0 Å². The van der Waals surface area contributed by atoms with Crippen LogP contribution in [0.25, 0.3) is 21.5 Å². The van der Waals surface area contributed by atoms with Crippen LogP contribution in [0.5, 0.6) is 0 Å². The van der Waals surface area contributed by atoms with E-state index in [0.29, 0.717) is 27.3 Å². The fourth-order valence-electron chi connectivity index (χ4n) is 7.86. The van der Waals surface area contributed by atoms with Crippen LogP contribution in [0.1, 0.15) is 45.3 Å². The first-order valence-electron chi connectivity index (χ1n) is 16.0. The lowest BCUT2D eigenvalue weighted by Gasteiger charge is -2.54. The number of benzene rings is 6. The van der Waals surface area contributed by atoms with Gasteiger partial charge in [0.25, 0.3) is 0 Å². The number of carbonyl (C=O) groups excluding carboxylic acids is 2. The van der Waals surface area contributed by atoms with E-state index in [9.17, 15) is 15.2 Å². The molecule has 0 heterocycles. The Kier molecular flexibility index (Phi) is 8.50. The van der Waals surface area contributed by atoms with Crippen molar-refractivity contribution in [2.45, 2.75) is 23.9 Å². The lowest BCUT2D eigenvalue weighted by atomic mass is 9.47. The standard InChI is InChI=1S/C42H31Cl2NO4/c1-49-40(47)41(25-45)34(31-18-20-35(43)36(44)23-31)24-42(48,33-19-17-27-10-6-8-14-30(27)22-33)38(37(41)28-11-3-2-4-12-28)39(46)32-16-15-26-9-5-7-13-29(26)21-32/h2-23,34,37-38,48H,24H2,1H3/t34-,37+,38-,41+,42-/m0/s1. The van der Waals surface area contributed by atoms with Gasteiger partial charge in [0.2, 0.25) is 0 Å². The highest BCUT2D eigenvalue weighted by Gasteiger charge is 2.67. The van der Waals surface area contributed by atoms with Gasteiger partial charge in [0.15, 0.2) is 11.2 Å². The molecule has 242 valence electrons. The van der Waals surface area contributed by atoms with E-state index in [-0.39, 0.29) is 11.4 Å². The van der Waals surface area contributed by atoms with Gasteiger partial charge in [0.05, 0.1) is 29.1 Å². The molecule has 0 unspecified atom stereocenters. The average Bonchev–Trinajstić information content (AvgIpc) is 3.14. The zero-order chi connectivity index (χ0) is 34.3. The Morgan fingerprint density at radius 3 is 1.98 bits per heavy atom. The molecule has 1 aliphatic carbocycles. The summed E-state index contributed by atoms with van der Waals surface area (Å²) in [5.74, 6) is -4.63. The first-order valence-corrected chi connectivity index (χ1v) is 16.7. The summed E-state index contributed by atoms with van der Waals surface area (Å²) >= 11 is 12.9. The predicted molar refractivity (Wildman–Crippen MR) is 193 cm³/mol. The molecule has 7 rings (SSSR count). The maximum Gasteiger partial charge on any atom is 0.327 e. The molecule has 0 aromatic heterocycles. The molecule has 0 amide bonds. The van der Waals surface area contributed by atoms with Crippen LogP contribution in [-0.4, -0.2) is 24.0 Å². The fraction of sp³-hybridized carbons (Fsp3) is 0.167. The van der Waals surface area contributed by atoms with Gasteiger partial charge in [-0.25, -0.2) is 0 Å². The van der Waals surface area contributed by atoms with Crippen molar-refractivity contribution < 1.29 is 19.4 Å². The van der Waals surface area contributed by atoms with Crippen LogP contribution in [0.2, 0.25) is 10.0 Å². The number of nitrogens with zero attached hydrogens (tertiary/aromatic N) is 1. The van der Waals surface area contributed by atoms with Gasteiger partial charge >= 0.3 is 5.97 Å². The van der Waals surface area contributed by atoms with Crippen LogP contribution in [0.3, 0.4) is 0 Å². The van der Waals surface area contributed by atoms with E-state index in [1.165, 1.54) is 7.11 Å². The number of carbonyl (C=O) groups is 2. The lowest BCUT2D eigenvalue weighted by molar-refractivity contribution is -0.162. The molecular formula is C42H31Cl2NO4. The van der Waals surface area contributed by atoms with E-state index >= 15 is 4.79 Å². The number of aliphatic hydroxyl groups is 1. The molecule has 1 fully saturated rings. The van der Waals surface area contributed by atoms with Crippen molar-refractivity contribution in [2.24, 2.45) is 11.3 Å². The van der Waals surface area contributed by atoms with Gasteiger partial charge in [-0.2, -0.15) is 5.26 Å². The SMILES string of the molecule is COC(=O)[C@@]1(C#N)[C@H](c2ccccc2)[C@@H](C(=O)c2ccc3ccccc3c2)[C@@](O)(c2ccc3ccccc3c2)C[C@H]1c1ccc(Cl)c(Cl)c1. The number of esters is 1. The Balaban J connectivity index is 1.57. The molecule has 0 spiro atoms. The second-order valence-corrected chi connectivity index (χ2v) is 13.5. The van der Waals surface area contributed by atoms with Gasteiger partial charge in [-0.1, -0.05) is 132 Å². The van der Waals surface area contributed by atoms with Crippen LogP contribution < -0.4 is 0 Å². The Hall–Kier alpha value is -4.99. The first kappa shape index (κ1) is 32.6. The van der Waals surface area contributed by atoms with Crippen LogP contribution in [0.15, 0.2) is 133 Å². The van der Waals surface area contributed by atoms with Crippen molar-refractivity contribution in [1.82, 2.24) is 0 Å². The Morgan fingerprint density at radius 2 is 1.35 bits per heavy atom. The topological polar surface area (TPSA) is 87.4 Å². The highest BCUT2D eigenvalue weighted by molar-refractivity contribution is 6.42. The Labute approximate surface area is 294 Å². The zero-order valence-electron chi connectivity index (χ0n) is 26.5. The lowest BCUT2D eigenvalue weighted by Crippen LogP contribution is -2.59. The molecule has 0 saturated heterocycles. The number of rotatable bonds is 6. The van der Waals surface area contributed by atoms with E-state index in [2.05, 4.69) is 6.07 Å². The van der Waals surface area contributed by atoms with E-state index in [0.717, 1.165) is 21.5 Å². The molecule has 1 N–H and O–H groups in total. The molecule has 5 nitrogen and oxygen atoms in total. The van der Waals surface area contributed by atoms with Gasteiger partial charge < -0.3 is 9.84 Å². The van der Waals surface area contributed by atoms with Crippen molar-refractivity contribution in [3.8, 4) is 6.07 Å². The number of ether oxygens (including phenoxy) is 1. The zero-order valence-corrected chi connectivity index (χ0v) is 28.0. The van der Waals surface area contributed by atoms with Crippen LogP contribution in [-0.2, 0) is 15.1 Å². The average molecular weight is 685 g/mol. The minimum absolute atomic E-state index is 0.167. The minimum Gasteiger partial charge on any atom is -0.468 e. The molecule has 0 bridgehead atoms. The summed E-state index contributed by atoms with van der Waals surface area (Å²) in [5.41, 5.74) is -1.94. The maximum absolute atomic E-state index is 15.3. The molecule has 6 aromatic rings. The van der Waals surface area contributed by atoms with E-state index in [1.54, 1.807) is 54.6 Å². The Morgan fingerprint density at radius 1 is 0.735 bits per heavy atom. The molecule has 5 atom stereocenters. The third-order valence-corrected chi connectivity index (χ3v) is 10.9. The molecular weight excluding hydrogens is 653 g/mol. The van der Waals surface area contributed by atoms with E-state index in [4.69, 9.17) is 27.9 Å². The quantitative estimate of drug-likeness (QED) is 0.140. The molecule has 7 heteroatoms. The van der Waals surface area contributed by atoms with Gasteiger partial charge in [0.1, 0.15) is 5.60 Å². The number of methoxy groups -OCH3 is 1. The van der Waals surface area contributed by atoms with Gasteiger partial charge in [-0.15, -0.1) is 0 Å². The summed E-state index contributed by atoms with van der Waals surface area (Å²) in [5, 5.41) is 28.9. The van der Waals surface area contributed by atoms with Crippen LogP contribution >= 0.6 is 23.2 Å². The number of halogens is 2. The fourth-order valence-corrected chi connectivity index (χ4v) is 8.16. The molecule has 49 heavy (non-hydrogen) atoms. The maximum atomic E-state index is 15.3. The van der Waals surface area contributed by atoms with Crippen molar-refractivity contribution >= 4 is 56.5 Å². The first-order chi connectivity index (χ1) is 23.7. The minimum atomic E-state index is -1.96. The number of Topliss-reactive ketones (excluding diaryl/α,β-unsaturated/α-hetero) is 1. The third kappa shape index (κ3) is 5.37. The summed E-state index contributed by atoms with van der Waals surface area (Å²) in [6.07, 6.45) is -0.167. The smallest absolute Gasteiger partial charge is 0.327 e. The van der Waals surface area contributed by atoms with Crippen molar-refractivity contribution in [1.29, 1.82) is 5.26 Å². The second kappa shape index (κ2) is 12.8. The van der Waals surface area contributed by atoms with Gasteiger partial charge in [-0.05, 0) is 68.9 Å². The number of ketones is 1. The van der Waals surface area contributed by atoms with Crippen molar-refractivity contribution in [2.75, 3.05) is 7.11 Å². The van der Waals surface area contributed by atoms with Gasteiger partial charge in [0, 0.05) is 17.4 Å². The highest BCUT2D eigenvalue weighted by Crippen LogP contribution is 2.64. The molecule has 6 aromatic carbocycles. The molecule has 1 saturated carbocycles. The summed E-state index contributed by atoms with van der Waals surface area (Å²) in [7, 11) is 1.24. The number of hydrogen-bond donors (Lipinski definition) is 1. The van der Waals surface area contributed by atoms with E-state index in [1.807, 2.05) is 78.9 Å². The summed E-state index contributed by atoms with van der Waals surface area (Å²) in [6.45, 7) is 0. The highest BCUT2D eigenvalue weighted by atomic mass is 35.5. The van der Waals surface area contributed by atoms with Crippen molar-refractivity contribution in [3.05, 3.63) is 166 Å². The predicted octanol–water partition coefficient (Wildman–Crippen LogP) is 9.64. The van der Waals surface area contributed by atoms with Gasteiger partial charge in [-0.3, -0.25) is 9.59 Å². The molecule has 0 radical (unpaired) electrons.